The highest BCUT2D eigenvalue weighted by Gasteiger charge is 2.50. The number of nitrogens with zero attached hydrogens (tertiary/aromatic N) is 3. The molecule has 0 aromatic rings. The van der Waals surface area contributed by atoms with Gasteiger partial charge in [-0.15, -0.1) is 6.58 Å². The first-order valence-electron chi connectivity index (χ1n) is 8.80. The molecule has 10 heteroatoms. The number of hydrogen-bond donors (Lipinski definition) is 1. The van der Waals surface area contributed by atoms with Crippen LogP contribution >= 0.6 is 0 Å². The summed E-state index contributed by atoms with van der Waals surface area (Å²) in [6.45, 7) is 7.43. The van der Waals surface area contributed by atoms with Crippen molar-refractivity contribution in [2.45, 2.75) is 38.1 Å². The Kier molecular flexibility index (Phi) is 8.88. The standard InChI is InChI=1S/C16H29F3N4O2S/c1-4-6-7-10-22(3)15(20-5-2)21-13-14-8-11-23(12-9-14)26(24,25)16(17,18)19/h4,14H,1,5-13H2,2-3H3,(H,20,21). The second-order valence-electron chi connectivity index (χ2n) is 6.34. The summed E-state index contributed by atoms with van der Waals surface area (Å²) in [7, 11) is -3.29. The molecular formula is C16H29F3N4O2S. The summed E-state index contributed by atoms with van der Waals surface area (Å²) in [6, 6.07) is 0. The molecule has 0 aromatic heterocycles. The van der Waals surface area contributed by atoms with E-state index in [2.05, 4.69) is 16.9 Å². The average Bonchev–Trinajstić information content (AvgIpc) is 2.58. The van der Waals surface area contributed by atoms with Gasteiger partial charge in [0.05, 0.1) is 0 Å². The average molecular weight is 398 g/mol. The molecule has 0 saturated carbocycles. The Labute approximate surface area is 154 Å². The second kappa shape index (κ2) is 10.1. The maximum atomic E-state index is 12.6. The molecular weight excluding hydrogens is 369 g/mol. The summed E-state index contributed by atoms with van der Waals surface area (Å²) in [5.41, 5.74) is -5.23. The molecule has 1 rings (SSSR count). The van der Waals surface area contributed by atoms with Crippen LogP contribution in [0.2, 0.25) is 0 Å². The maximum Gasteiger partial charge on any atom is 0.511 e. The van der Waals surface area contributed by atoms with Crippen LogP contribution in [-0.4, -0.2) is 68.9 Å². The first-order chi connectivity index (χ1) is 12.1. The molecule has 0 radical (unpaired) electrons. The van der Waals surface area contributed by atoms with Crippen molar-refractivity contribution in [1.29, 1.82) is 0 Å². The topological polar surface area (TPSA) is 65.0 Å². The lowest BCUT2D eigenvalue weighted by Crippen LogP contribution is -2.45. The van der Waals surface area contributed by atoms with Gasteiger partial charge < -0.3 is 10.2 Å². The number of halogens is 3. The fourth-order valence-corrected chi connectivity index (χ4v) is 3.73. The Morgan fingerprint density at radius 2 is 2.00 bits per heavy atom. The van der Waals surface area contributed by atoms with Crippen molar-refractivity contribution in [1.82, 2.24) is 14.5 Å². The van der Waals surface area contributed by atoms with Crippen LogP contribution in [0.3, 0.4) is 0 Å². The quantitative estimate of drug-likeness (QED) is 0.295. The fraction of sp³-hybridized carbons (Fsp3) is 0.812. The third-order valence-electron chi connectivity index (χ3n) is 4.30. The number of alkyl halides is 3. The lowest BCUT2D eigenvalue weighted by atomic mass is 9.98. The molecule has 1 aliphatic rings. The van der Waals surface area contributed by atoms with Crippen molar-refractivity contribution in [2.24, 2.45) is 10.9 Å². The normalized spacial score (nSPS) is 18.0. The van der Waals surface area contributed by atoms with E-state index < -0.39 is 15.5 Å². The van der Waals surface area contributed by atoms with E-state index in [-0.39, 0.29) is 19.0 Å². The fourth-order valence-electron chi connectivity index (χ4n) is 2.74. The SMILES string of the molecule is C=CCCCN(C)C(=NCC1CCN(S(=O)(=O)C(F)(F)F)CC1)NCC. The summed E-state index contributed by atoms with van der Waals surface area (Å²) in [5, 5.41) is 3.20. The minimum absolute atomic E-state index is 0.0740. The zero-order valence-electron chi connectivity index (χ0n) is 15.4. The zero-order valence-corrected chi connectivity index (χ0v) is 16.2. The van der Waals surface area contributed by atoms with Crippen LogP contribution in [0.1, 0.15) is 32.6 Å². The van der Waals surface area contributed by atoms with Crippen LogP contribution in [-0.2, 0) is 10.0 Å². The second-order valence-corrected chi connectivity index (χ2v) is 8.27. The van der Waals surface area contributed by atoms with E-state index in [1.54, 1.807) is 0 Å². The summed E-state index contributed by atoms with van der Waals surface area (Å²) in [4.78, 5) is 6.58. The molecule has 1 aliphatic heterocycles. The van der Waals surface area contributed by atoms with Gasteiger partial charge in [0.15, 0.2) is 5.96 Å². The molecule has 1 saturated heterocycles. The van der Waals surface area contributed by atoms with Crippen molar-refractivity contribution < 1.29 is 21.6 Å². The van der Waals surface area contributed by atoms with Gasteiger partial charge >= 0.3 is 15.5 Å². The number of allylic oxidation sites excluding steroid dienone is 1. The molecule has 0 atom stereocenters. The predicted molar refractivity (Wildman–Crippen MR) is 97.3 cm³/mol. The Morgan fingerprint density at radius 3 is 2.50 bits per heavy atom. The number of nitrogens with one attached hydrogen (secondary N) is 1. The summed E-state index contributed by atoms with van der Waals surface area (Å²) in [5.74, 6) is 0.826. The third kappa shape index (κ3) is 6.46. The number of guanidine groups is 1. The van der Waals surface area contributed by atoms with E-state index in [1.165, 1.54) is 0 Å². The van der Waals surface area contributed by atoms with Crippen LogP contribution in [0.25, 0.3) is 0 Å². The van der Waals surface area contributed by atoms with Gasteiger partial charge in [0, 0.05) is 39.8 Å². The van der Waals surface area contributed by atoms with Crippen molar-refractivity contribution in [2.75, 3.05) is 39.8 Å². The predicted octanol–water partition coefficient (Wildman–Crippen LogP) is 2.41. The van der Waals surface area contributed by atoms with Gasteiger partial charge in [-0.25, -0.2) is 8.42 Å². The van der Waals surface area contributed by atoms with Crippen LogP contribution in [0, 0.1) is 5.92 Å². The Hall–Kier alpha value is -1.29. The first-order valence-corrected chi connectivity index (χ1v) is 10.2. The highest BCUT2D eigenvalue weighted by Crippen LogP contribution is 2.30. The molecule has 0 bridgehead atoms. The molecule has 0 aromatic carbocycles. The summed E-state index contributed by atoms with van der Waals surface area (Å²) >= 11 is 0. The number of rotatable bonds is 8. The van der Waals surface area contributed by atoms with E-state index in [0.717, 1.165) is 25.3 Å². The lowest BCUT2D eigenvalue weighted by molar-refractivity contribution is -0.0496. The van der Waals surface area contributed by atoms with Crippen molar-refractivity contribution >= 4 is 16.0 Å². The van der Waals surface area contributed by atoms with Crippen LogP contribution in [0.15, 0.2) is 17.6 Å². The van der Waals surface area contributed by atoms with Crippen LogP contribution < -0.4 is 5.32 Å². The Balaban J connectivity index is 2.58. The van der Waals surface area contributed by atoms with Gasteiger partial charge in [-0.05, 0) is 38.5 Å². The number of aliphatic imine (C=N–C) groups is 1. The molecule has 1 fully saturated rings. The Morgan fingerprint density at radius 1 is 1.38 bits per heavy atom. The van der Waals surface area contributed by atoms with Crippen molar-refractivity contribution in [3.05, 3.63) is 12.7 Å². The van der Waals surface area contributed by atoms with E-state index in [0.29, 0.717) is 30.2 Å². The minimum Gasteiger partial charge on any atom is -0.357 e. The smallest absolute Gasteiger partial charge is 0.357 e. The molecule has 0 amide bonds. The highest BCUT2D eigenvalue weighted by molar-refractivity contribution is 7.90. The molecule has 0 unspecified atom stereocenters. The number of unbranched alkanes of at least 4 members (excludes halogenated alkanes) is 1. The number of piperidine rings is 1. The monoisotopic (exact) mass is 398 g/mol. The van der Waals surface area contributed by atoms with Crippen molar-refractivity contribution in [3.63, 3.8) is 0 Å². The zero-order chi connectivity index (χ0) is 19.8. The first kappa shape index (κ1) is 22.8. The van der Waals surface area contributed by atoms with E-state index in [1.807, 2.05) is 24.9 Å². The number of sulfonamides is 1. The molecule has 152 valence electrons. The van der Waals surface area contributed by atoms with Crippen LogP contribution in [0.4, 0.5) is 13.2 Å². The van der Waals surface area contributed by atoms with E-state index in [4.69, 9.17) is 0 Å². The van der Waals surface area contributed by atoms with Gasteiger partial charge in [-0.1, -0.05) is 6.08 Å². The summed E-state index contributed by atoms with van der Waals surface area (Å²) in [6.07, 6.45) is 4.48. The molecule has 0 aliphatic carbocycles. The van der Waals surface area contributed by atoms with E-state index in [9.17, 15) is 21.6 Å². The number of hydrogen-bond acceptors (Lipinski definition) is 3. The van der Waals surface area contributed by atoms with Gasteiger partial charge in [0.1, 0.15) is 0 Å². The largest absolute Gasteiger partial charge is 0.511 e. The molecule has 6 nitrogen and oxygen atoms in total. The Bertz CT molecular complexity index is 571. The lowest BCUT2D eigenvalue weighted by Gasteiger charge is -2.31. The maximum absolute atomic E-state index is 12.6. The molecule has 1 heterocycles. The van der Waals surface area contributed by atoms with Gasteiger partial charge in [0.2, 0.25) is 0 Å². The van der Waals surface area contributed by atoms with Gasteiger partial charge in [0.25, 0.3) is 0 Å². The van der Waals surface area contributed by atoms with E-state index >= 15 is 0 Å². The molecule has 0 spiro atoms. The van der Waals surface area contributed by atoms with Crippen LogP contribution in [0.5, 0.6) is 0 Å². The third-order valence-corrected chi connectivity index (χ3v) is 5.93. The summed E-state index contributed by atoms with van der Waals surface area (Å²) < 4.78 is 61.2. The van der Waals surface area contributed by atoms with Gasteiger partial charge in [-0.2, -0.15) is 17.5 Å². The van der Waals surface area contributed by atoms with Gasteiger partial charge in [-0.3, -0.25) is 4.99 Å². The molecule has 1 N–H and O–H groups in total. The van der Waals surface area contributed by atoms with Crippen molar-refractivity contribution in [3.8, 4) is 0 Å². The molecule has 26 heavy (non-hydrogen) atoms. The highest BCUT2D eigenvalue weighted by atomic mass is 32.2. The minimum atomic E-state index is -5.23.